The number of hydrogen-bond acceptors (Lipinski definition) is 5. The smallest absolute Gasteiger partial charge is 0.203 e. The number of nitrogens with zero attached hydrogens (tertiary/aromatic N) is 2. The van der Waals surface area contributed by atoms with Gasteiger partial charge in [-0.15, -0.1) is 24.0 Å². The van der Waals surface area contributed by atoms with Crippen LogP contribution in [0, 0.1) is 0 Å². The predicted molar refractivity (Wildman–Crippen MR) is 137 cm³/mol. The maximum absolute atomic E-state index is 5.58. The lowest BCUT2D eigenvalue weighted by atomic mass is 10.1. The van der Waals surface area contributed by atoms with Crippen LogP contribution in [0.15, 0.2) is 47.5 Å². The zero-order chi connectivity index (χ0) is 21.3. The van der Waals surface area contributed by atoms with E-state index in [0.29, 0.717) is 29.8 Å². The first-order chi connectivity index (χ1) is 14.7. The number of guanidine groups is 1. The second-order valence-electron chi connectivity index (χ2n) is 7.10. The molecular formula is C23H33IN4O3. The van der Waals surface area contributed by atoms with Gasteiger partial charge < -0.3 is 29.7 Å². The van der Waals surface area contributed by atoms with Crippen molar-refractivity contribution in [3.63, 3.8) is 0 Å². The molecule has 1 fully saturated rings. The van der Waals surface area contributed by atoms with E-state index in [1.165, 1.54) is 5.69 Å². The molecule has 1 atom stereocenters. The van der Waals surface area contributed by atoms with E-state index < -0.39 is 0 Å². The number of anilines is 1. The summed E-state index contributed by atoms with van der Waals surface area (Å²) >= 11 is 0. The molecule has 3 rings (SSSR count). The van der Waals surface area contributed by atoms with Crippen LogP contribution < -0.4 is 29.7 Å². The van der Waals surface area contributed by atoms with Gasteiger partial charge in [-0.2, -0.15) is 0 Å². The summed E-state index contributed by atoms with van der Waals surface area (Å²) in [5, 5.41) is 6.92. The van der Waals surface area contributed by atoms with Gasteiger partial charge in [0.1, 0.15) is 0 Å². The van der Waals surface area contributed by atoms with E-state index >= 15 is 0 Å². The fraction of sp³-hybridized carbons (Fsp3) is 0.435. The number of benzene rings is 2. The molecule has 1 aliphatic heterocycles. The van der Waals surface area contributed by atoms with Gasteiger partial charge in [-0.3, -0.25) is 0 Å². The molecule has 2 aromatic rings. The topological polar surface area (TPSA) is 67.4 Å². The molecule has 0 bridgehead atoms. The van der Waals surface area contributed by atoms with Gasteiger partial charge in [-0.05, 0) is 37.6 Å². The number of methoxy groups -OCH3 is 3. The molecule has 31 heavy (non-hydrogen) atoms. The monoisotopic (exact) mass is 540 g/mol. The number of rotatable bonds is 8. The lowest BCUT2D eigenvalue weighted by molar-refractivity contribution is 0.322. The number of hydrogen-bond donors (Lipinski definition) is 2. The number of para-hydroxylation sites is 1. The maximum atomic E-state index is 5.58. The third kappa shape index (κ3) is 6.32. The fourth-order valence-electron chi connectivity index (χ4n) is 3.72. The molecule has 1 unspecified atom stereocenters. The van der Waals surface area contributed by atoms with Gasteiger partial charge in [0, 0.05) is 36.9 Å². The molecule has 0 aromatic heterocycles. The van der Waals surface area contributed by atoms with Gasteiger partial charge in [-0.1, -0.05) is 18.2 Å². The van der Waals surface area contributed by atoms with Crippen LogP contribution in [0.5, 0.6) is 17.2 Å². The molecule has 170 valence electrons. The number of nitrogens with one attached hydrogen (secondary N) is 2. The number of aliphatic imine (C=N–C) groups is 1. The largest absolute Gasteiger partial charge is 0.493 e. The molecule has 1 saturated heterocycles. The first-order valence-electron chi connectivity index (χ1n) is 10.3. The highest BCUT2D eigenvalue weighted by molar-refractivity contribution is 14.0. The van der Waals surface area contributed by atoms with Crippen molar-refractivity contribution in [3.05, 3.63) is 48.0 Å². The van der Waals surface area contributed by atoms with Gasteiger partial charge in [0.2, 0.25) is 5.75 Å². The first-order valence-corrected chi connectivity index (χ1v) is 10.3. The van der Waals surface area contributed by atoms with E-state index in [1.807, 2.05) is 18.2 Å². The SMILES string of the molecule is CCNC(=NCc1ccc(OC)c(OC)c1OC)NC1CCN(c2ccccc2)C1.I. The Kier molecular flexibility index (Phi) is 10.0. The Morgan fingerprint density at radius 2 is 1.77 bits per heavy atom. The molecule has 8 heteroatoms. The van der Waals surface area contributed by atoms with Crippen molar-refractivity contribution in [2.45, 2.75) is 25.9 Å². The Bertz CT molecular complexity index is 848. The molecule has 2 aromatic carbocycles. The van der Waals surface area contributed by atoms with Gasteiger partial charge in [0.25, 0.3) is 0 Å². The normalized spacial score (nSPS) is 15.8. The summed E-state index contributed by atoms with van der Waals surface area (Å²) in [5.74, 6) is 2.67. The highest BCUT2D eigenvalue weighted by Gasteiger charge is 2.23. The third-order valence-electron chi connectivity index (χ3n) is 5.19. The van der Waals surface area contributed by atoms with E-state index in [-0.39, 0.29) is 24.0 Å². The standard InChI is InChI=1S/C23H32N4O3.HI/c1-5-24-23(26-18-13-14-27(16-18)19-9-7-6-8-10-19)25-15-17-11-12-20(28-2)22(30-4)21(17)29-3;/h6-12,18H,5,13-16H2,1-4H3,(H2,24,25,26);1H. The van der Waals surface area contributed by atoms with Crippen LogP contribution in [0.2, 0.25) is 0 Å². The molecule has 0 spiro atoms. The lowest BCUT2D eigenvalue weighted by Crippen LogP contribution is -2.44. The van der Waals surface area contributed by atoms with Crippen LogP contribution >= 0.6 is 24.0 Å². The van der Waals surface area contributed by atoms with Crippen LogP contribution in [0.4, 0.5) is 5.69 Å². The summed E-state index contributed by atoms with van der Waals surface area (Å²) in [6, 6.07) is 14.7. The summed E-state index contributed by atoms with van der Waals surface area (Å²) < 4.78 is 16.4. The van der Waals surface area contributed by atoms with Crippen LogP contribution in [-0.4, -0.2) is 53.0 Å². The van der Waals surface area contributed by atoms with Gasteiger partial charge in [0.05, 0.1) is 27.9 Å². The van der Waals surface area contributed by atoms with E-state index in [9.17, 15) is 0 Å². The number of ether oxygens (including phenoxy) is 3. The van der Waals surface area contributed by atoms with Crippen molar-refractivity contribution in [1.82, 2.24) is 10.6 Å². The Labute approximate surface area is 202 Å². The third-order valence-corrected chi connectivity index (χ3v) is 5.19. The highest BCUT2D eigenvalue weighted by atomic mass is 127. The van der Waals surface area contributed by atoms with Crippen molar-refractivity contribution < 1.29 is 14.2 Å². The van der Waals surface area contributed by atoms with Crippen molar-refractivity contribution in [2.75, 3.05) is 45.9 Å². The molecule has 0 aliphatic carbocycles. The Morgan fingerprint density at radius 3 is 2.42 bits per heavy atom. The zero-order valence-electron chi connectivity index (χ0n) is 18.7. The summed E-state index contributed by atoms with van der Waals surface area (Å²) in [5.41, 5.74) is 2.20. The van der Waals surface area contributed by atoms with Gasteiger partial charge >= 0.3 is 0 Å². The highest BCUT2D eigenvalue weighted by Crippen LogP contribution is 2.39. The minimum absolute atomic E-state index is 0. The summed E-state index contributed by atoms with van der Waals surface area (Å²) in [7, 11) is 4.85. The van der Waals surface area contributed by atoms with Gasteiger partial charge in [-0.25, -0.2) is 4.99 Å². The average Bonchev–Trinajstić information content (AvgIpc) is 3.26. The lowest BCUT2D eigenvalue weighted by Gasteiger charge is -2.20. The molecule has 7 nitrogen and oxygen atoms in total. The van der Waals surface area contributed by atoms with Crippen molar-refractivity contribution in [1.29, 1.82) is 0 Å². The van der Waals surface area contributed by atoms with E-state index in [4.69, 9.17) is 19.2 Å². The molecule has 0 radical (unpaired) electrons. The predicted octanol–water partition coefficient (Wildman–Crippen LogP) is 3.66. The molecule has 1 heterocycles. The minimum Gasteiger partial charge on any atom is -0.493 e. The van der Waals surface area contributed by atoms with E-state index in [1.54, 1.807) is 21.3 Å². The Hall–Kier alpha value is -2.36. The molecule has 0 amide bonds. The second kappa shape index (κ2) is 12.5. The quantitative estimate of drug-likeness (QED) is 0.303. The Morgan fingerprint density at radius 1 is 1.03 bits per heavy atom. The van der Waals surface area contributed by atoms with Crippen molar-refractivity contribution in [2.24, 2.45) is 4.99 Å². The van der Waals surface area contributed by atoms with Crippen molar-refractivity contribution >= 4 is 35.6 Å². The number of halogens is 1. The molecular weight excluding hydrogens is 507 g/mol. The molecule has 1 aliphatic rings. The average molecular weight is 540 g/mol. The summed E-state index contributed by atoms with van der Waals surface area (Å²) in [6.07, 6.45) is 1.07. The Balaban J connectivity index is 0.00000341. The van der Waals surface area contributed by atoms with Crippen LogP contribution in [0.25, 0.3) is 0 Å². The van der Waals surface area contributed by atoms with Crippen LogP contribution in [-0.2, 0) is 6.54 Å². The fourth-order valence-corrected chi connectivity index (χ4v) is 3.72. The zero-order valence-corrected chi connectivity index (χ0v) is 21.0. The van der Waals surface area contributed by atoms with Crippen LogP contribution in [0.1, 0.15) is 18.9 Å². The second-order valence-corrected chi connectivity index (χ2v) is 7.10. The van der Waals surface area contributed by atoms with E-state index in [2.05, 4.69) is 46.7 Å². The van der Waals surface area contributed by atoms with Gasteiger partial charge in [0.15, 0.2) is 17.5 Å². The molecule has 2 N–H and O–H groups in total. The summed E-state index contributed by atoms with van der Waals surface area (Å²) in [4.78, 5) is 7.19. The van der Waals surface area contributed by atoms with E-state index in [0.717, 1.165) is 37.6 Å². The molecule has 0 saturated carbocycles. The first kappa shape index (κ1) is 24.9. The maximum Gasteiger partial charge on any atom is 0.203 e. The summed E-state index contributed by atoms with van der Waals surface area (Å²) in [6.45, 7) is 5.32. The van der Waals surface area contributed by atoms with Crippen molar-refractivity contribution in [3.8, 4) is 17.2 Å². The van der Waals surface area contributed by atoms with Crippen LogP contribution in [0.3, 0.4) is 0 Å². The minimum atomic E-state index is 0.